The van der Waals surface area contributed by atoms with E-state index >= 15 is 0 Å². The van der Waals surface area contributed by atoms with Crippen molar-refractivity contribution in [1.82, 2.24) is 5.32 Å². The molecule has 2 rings (SSSR count). The van der Waals surface area contributed by atoms with Gasteiger partial charge in [-0.05, 0) is 55.7 Å². The number of benzene rings is 2. The summed E-state index contributed by atoms with van der Waals surface area (Å²) in [5.74, 6) is 0.620. The number of carbonyl (C=O) groups is 1. The second-order valence-electron chi connectivity index (χ2n) is 7.25. The summed E-state index contributed by atoms with van der Waals surface area (Å²) in [6, 6.07) is 8.99. The normalized spacial score (nSPS) is 13.3. The quantitative estimate of drug-likeness (QED) is 0.599. The van der Waals surface area contributed by atoms with Crippen molar-refractivity contribution in [3.8, 4) is 11.5 Å². The van der Waals surface area contributed by atoms with Gasteiger partial charge in [0, 0.05) is 5.02 Å². The number of aryl methyl sites for hydroxylation is 1. The van der Waals surface area contributed by atoms with Crippen molar-refractivity contribution in [3.63, 3.8) is 0 Å². The van der Waals surface area contributed by atoms with Crippen LogP contribution in [-0.4, -0.2) is 40.8 Å². The number of sulfonamides is 1. The van der Waals surface area contributed by atoms with E-state index < -0.39 is 22.0 Å². The zero-order valence-electron chi connectivity index (χ0n) is 18.6. The van der Waals surface area contributed by atoms with Crippen LogP contribution in [0.25, 0.3) is 0 Å². The van der Waals surface area contributed by atoms with Crippen LogP contribution in [0.1, 0.15) is 37.4 Å². The number of ether oxygens (including phenoxy) is 2. The number of rotatable bonds is 9. The molecule has 9 heteroatoms. The maximum absolute atomic E-state index is 13.1. The third-order valence-electron chi connectivity index (χ3n) is 5.01. The minimum absolute atomic E-state index is 0.202. The first-order chi connectivity index (χ1) is 14.5. The SMILES string of the molecule is CC[C@@H](NC(=O)[C@H](C)N(c1cc(Cl)ccc1OC)S(C)(=O)=O)c1ccc(OC)c(C)c1. The van der Waals surface area contributed by atoms with Gasteiger partial charge in [-0.3, -0.25) is 9.10 Å². The van der Waals surface area contributed by atoms with Crippen molar-refractivity contribution < 1.29 is 22.7 Å². The van der Waals surface area contributed by atoms with Gasteiger partial charge < -0.3 is 14.8 Å². The molecule has 0 spiro atoms. The molecule has 0 heterocycles. The maximum Gasteiger partial charge on any atom is 0.244 e. The minimum Gasteiger partial charge on any atom is -0.496 e. The molecular weight excluding hydrogens is 440 g/mol. The van der Waals surface area contributed by atoms with E-state index in [9.17, 15) is 13.2 Å². The number of nitrogens with zero attached hydrogens (tertiary/aromatic N) is 1. The van der Waals surface area contributed by atoms with Crippen LogP contribution in [0.4, 0.5) is 5.69 Å². The number of carbonyl (C=O) groups excluding carboxylic acids is 1. The highest BCUT2D eigenvalue weighted by Crippen LogP contribution is 2.34. The Morgan fingerprint density at radius 1 is 1.13 bits per heavy atom. The smallest absolute Gasteiger partial charge is 0.244 e. The molecule has 1 amide bonds. The first-order valence-corrected chi connectivity index (χ1v) is 12.0. The van der Waals surface area contributed by atoms with Gasteiger partial charge in [-0.15, -0.1) is 0 Å². The number of hydrogen-bond donors (Lipinski definition) is 1. The fourth-order valence-electron chi connectivity index (χ4n) is 3.45. The molecule has 2 atom stereocenters. The Kier molecular flexibility index (Phi) is 8.20. The molecule has 2 aromatic rings. The number of halogens is 1. The molecule has 1 N–H and O–H groups in total. The van der Waals surface area contributed by atoms with E-state index in [-0.39, 0.29) is 11.7 Å². The van der Waals surface area contributed by atoms with Gasteiger partial charge in [-0.25, -0.2) is 8.42 Å². The van der Waals surface area contributed by atoms with Crippen LogP contribution in [-0.2, 0) is 14.8 Å². The van der Waals surface area contributed by atoms with E-state index in [1.165, 1.54) is 20.1 Å². The van der Waals surface area contributed by atoms with Crippen LogP contribution in [0.2, 0.25) is 5.02 Å². The molecule has 0 saturated heterocycles. The molecule has 7 nitrogen and oxygen atoms in total. The third kappa shape index (κ3) is 5.83. The van der Waals surface area contributed by atoms with E-state index in [1.54, 1.807) is 19.2 Å². The first kappa shape index (κ1) is 24.8. The highest BCUT2D eigenvalue weighted by atomic mass is 35.5. The maximum atomic E-state index is 13.1. The van der Waals surface area contributed by atoms with Gasteiger partial charge in [0.1, 0.15) is 17.5 Å². The van der Waals surface area contributed by atoms with Crippen LogP contribution in [0.3, 0.4) is 0 Å². The summed E-state index contributed by atoms with van der Waals surface area (Å²) < 4.78 is 36.9. The zero-order valence-corrected chi connectivity index (χ0v) is 20.2. The van der Waals surface area contributed by atoms with Gasteiger partial charge in [-0.2, -0.15) is 0 Å². The topological polar surface area (TPSA) is 84.9 Å². The van der Waals surface area contributed by atoms with Gasteiger partial charge in [-0.1, -0.05) is 30.7 Å². The number of hydrogen-bond acceptors (Lipinski definition) is 5. The lowest BCUT2D eigenvalue weighted by Gasteiger charge is -2.31. The van der Waals surface area contributed by atoms with E-state index in [1.807, 2.05) is 32.0 Å². The Morgan fingerprint density at radius 3 is 2.26 bits per heavy atom. The molecular formula is C22H29ClN2O5S. The van der Waals surface area contributed by atoms with Gasteiger partial charge in [0.25, 0.3) is 0 Å². The van der Waals surface area contributed by atoms with Crippen LogP contribution in [0.5, 0.6) is 11.5 Å². The fourth-order valence-corrected chi connectivity index (χ4v) is 4.78. The average molecular weight is 469 g/mol. The highest BCUT2D eigenvalue weighted by molar-refractivity contribution is 7.92. The summed E-state index contributed by atoms with van der Waals surface area (Å²) >= 11 is 6.09. The molecule has 0 bridgehead atoms. The zero-order chi connectivity index (χ0) is 23.3. The molecule has 0 saturated carbocycles. The van der Waals surface area contributed by atoms with Crippen LogP contribution in [0.15, 0.2) is 36.4 Å². The highest BCUT2D eigenvalue weighted by Gasteiger charge is 2.32. The van der Waals surface area contributed by atoms with E-state index in [0.29, 0.717) is 17.2 Å². The molecule has 0 aromatic heterocycles. The molecule has 0 radical (unpaired) electrons. The van der Waals surface area contributed by atoms with Crippen LogP contribution >= 0.6 is 11.6 Å². The van der Waals surface area contributed by atoms with Gasteiger partial charge in [0.05, 0.1) is 32.2 Å². The predicted molar refractivity (Wildman–Crippen MR) is 124 cm³/mol. The largest absolute Gasteiger partial charge is 0.496 e. The van der Waals surface area contributed by atoms with Crippen molar-refractivity contribution in [1.29, 1.82) is 0 Å². The molecule has 170 valence electrons. The van der Waals surface area contributed by atoms with Crippen LogP contribution in [0, 0.1) is 6.92 Å². The van der Waals surface area contributed by atoms with E-state index in [0.717, 1.165) is 27.4 Å². The number of methoxy groups -OCH3 is 2. The standard InChI is InChI=1S/C22H29ClN2O5S/c1-7-18(16-8-10-20(29-4)14(2)12-16)24-22(26)15(3)25(31(6,27)28)19-13-17(23)9-11-21(19)30-5/h8-13,15,18H,7H2,1-6H3,(H,24,26)/t15-,18+/m0/s1. The van der Waals surface area contributed by atoms with Gasteiger partial charge >= 0.3 is 0 Å². The lowest BCUT2D eigenvalue weighted by molar-refractivity contribution is -0.122. The fraction of sp³-hybridized carbons (Fsp3) is 0.409. The Labute approximate surface area is 189 Å². The molecule has 2 aromatic carbocycles. The molecule has 0 aliphatic rings. The summed E-state index contributed by atoms with van der Waals surface area (Å²) in [6.45, 7) is 5.41. The Hall–Kier alpha value is -2.45. The summed E-state index contributed by atoms with van der Waals surface area (Å²) in [6.07, 6.45) is 1.67. The minimum atomic E-state index is -3.82. The third-order valence-corrected chi connectivity index (χ3v) is 6.48. The molecule has 0 unspecified atom stereocenters. The van der Waals surface area contributed by atoms with Crippen molar-refractivity contribution in [3.05, 3.63) is 52.5 Å². The summed E-state index contributed by atoms with van der Waals surface area (Å²) in [7, 11) is -0.786. The molecule has 0 aliphatic carbocycles. The predicted octanol–water partition coefficient (Wildman–Crippen LogP) is 4.09. The lowest BCUT2D eigenvalue weighted by atomic mass is 10.0. The summed E-state index contributed by atoms with van der Waals surface area (Å²) in [5.41, 5.74) is 2.06. The van der Waals surface area contributed by atoms with Crippen molar-refractivity contribution in [2.45, 2.75) is 39.3 Å². The second kappa shape index (κ2) is 10.2. The van der Waals surface area contributed by atoms with Crippen LogP contribution < -0.4 is 19.1 Å². The van der Waals surface area contributed by atoms with Crippen molar-refractivity contribution >= 4 is 33.2 Å². The molecule has 0 aliphatic heterocycles. The number of nitrogens with one attached hydrogen (secondary N) is 1. The lowest BCUT2D eigenvalue weighted by Crippen LogP contribution is -2.48. The Bertz CT molecular complexity index is 1040. The number of amides is 1. The number of anilines is 1. The van der Waals surface area contributed by atoms with Crippen molar-refractivity contribution in [2.24, 2.45) is 0 Å². The Balaban J connectivity index is 2.37. The second-order valence-corrected chi connectivity index (χ2v) is 9.55. The first-order valence-electron chi connectivity index (χ1n) is 9.81. The van der Waals surface area contributed by atoms with Gasteiger partial charge in [0.2, 0.25) is 15.9 Å². The van der Waals surface area contributed by atoms with Crippen molar-refractivity contribution in [2.75, 3.05) is 24.8 Å². The molecule has 31 heavy (non-hydrogen) atoms. The Morgan fingerprint density at radius 2 is 1.74 bits per heavy atom. The van der Waals surface area contributed by atoms with E-state index in [2.05, 4.69) is 5.32 Å². The van der Waals surface area contributed by atoms with E-state index in [4.69, 9.17) is 21.1 Å². The average Bonchev–Trinajstić information content (AvgIpc) is 2.71. The summed E-state index contributed by atoms with van der Waals surface area (Å²) in [5, 5.41) is 3.29. The monoisotopic (exact) mass is 468 g/mol. The molecule has 0 fully saturated rings. The van der Waals surface area contributed by atoms with Gasteiger partial charge in [0.15, 0.2) is 0 Å². The summed E-state index contributed by atoms with van der Waals surface area (Å²) in [4.78, 5) is 13.1.